The first kappa shape index (κ1) is 11.3. The second-order valence-electron chi connectivity index (χ2n) is 2.66. The second kappa shape index (κ2) is 10.3. The maximum Gasteiger partial charge on any atom is 0.0845 e. The van der Waals surface area contributed by atoms with Crippen molar-refractivity contribution in [3.05, 3.63) is 24.5 Å². The largest absolute Gasteiger partial charge is 0.502 e. The van der Waals surface area contributed by atoms with Gasteiger partial charge in [-0.3, -0.25) is 0 Å². The molecule has 0 saturated carbocycles. The zero-order valence-corrected chi connectivity index (χ0v) is 8.25. The van der Waals surface area contributed by atoms with Crippen LogP contribution in [0.1, 0.15) is 39.5 Å². The van der Waals surface area contributed by atoms with Crippen molar-refractivity contribution in [2.75, 3.05) is 6.61 Å². The maximum atomic E-state index is 5.06. The van der Waals surface area contributed by atoms with Gasteiger partial charge in [-0.25, -0.2) is 0 Å². The highest BCUT2D eigenvalue weighted by Crippen LogP contribution is 1.96. The molecule has 0 saturated heterocycles. The SMILES string of the molecule is CCCC=CCCC=COCC. The smallest absolute Gasteiger partial charge is 0.0845 e. The Hall–Kier alpha value is -0.720. The van der Waals surface area contributed by atoms with E-state index in [1.165, 1.54) is 12.8 Å². The van der Waals surface area contributed by atoms with E-state index in [0.29, 0.717) is 0 Å². The molecule has 0 bridgehead atoms. The van der Waals surface area contributed by atoms with Crippen LogP contribution in [-0.2, 0) is 4.74 Å². The Labute approximate surface area is 76.1 Å². The molecule has 0 aromatic carbocycles. The summed E-state index contributed by atoms with van der Waals surface area (Å²) >= 11 is 0. The Morgan fingerprint density at radius 1 is 0.917 bits per heavy atom. The molecule has 0 spiro atoms. The molecule has 0 aliphatic heterocycles. The Kier molecular flexibility index (Phi) is 9.66. The van der Waals surface area contributed by atoms with Crippen LogP contribution in [0.25, 0.3) is 0 Å². The van der Waals surface area contributed by atoms with Crippen molar-refractivity contribution < 1.29 is 4.74 Å². The predicted molar refractivity (Wildman–Crippen MR) is 54.0 cm³/mol. The van der Waals surface area contributed by atoms with Gasteiger partial charge >= 0.3 is 0 Å². The van der Waals surface area contributed by atoms with Gasteiger partial charge in [0.2, 0.25) is 0 Å². The first-order chi connectivity index (χ1) is 5.91. The Morgan fingerprint density at radius 3 is 2.25 bits per heavy atom. The van der Waals surface area contributed by atoms with Crippen LogP contribution in [-0.4, -0.2) is 6.61 Å². The molecule has 0 rings (SSSR count). The third kappa shape index (κ3) is 9.28. The molecule has 0 fully saturated rings. The van der Waals surface area contributed by atoms with Gasteiger partial charge < -0.3 is 4.74 Å². The second-order valence-corrected chi connectivity index (χ2v) is 2.66. The number of hydrogen-bond donors (Lipinski definition) is 0. The molecule has 0 atom stereocenters. The summed E-state index contributed by atoms with van der Waals surface area (Å²) in [4.78, 5) is 0. The van der Waals surface area contributed by atoms with Crippen molar-refractivity contribution in [1.29, 1.82) is 0 Å². The number of allylic oxidation sites excluding steroid dienone is 3. The predicted octanol–water partition coefficient (Wildman–Crippen LogP) is 3.67. The fourth-order valence-electron chi connectivity index (χ4n) is 0.827. The summed E-state index contributed by atoms with van der Waals surface area (Å²) in [5.74, 6) is 0. The minimum absolute atomic E-state index is 0.766. The molecule has 0 aliphatic carbocycles. The van der Waals surface area contributed by atoms with E-state index in [2.05, 4.69) is 25.2 Å². The van der Waals surface area contributed by atoms with Crippen molar-refractivity contribution in [1.82, 2.24) is 0 Å². The minimum atomic E-state index is 0.766. The molecule has 1 nitrogen and oxygen atoms in total. The van der Waals surface area contributed by atoms with Crippen LogP contribution < -0.4 is 0 Å². The number of unbranched alkanes of at least 4 members (excludes halogenated alkanes) is 2. The summed E-state index contributed by atoms with van der Waals surface area (Å²) in [7, 11) is 0. The molecule has 0 aromatic rings. The average molecular weight is 168 g/mol. The molecule has 0 amide bonds. The van der Waals surface area contributed by atoms with E-state index in [-0.39, 0.29) is 0 Å². The molecule has 0 heterocycles. The lowest BCUT2D eigenvalue weighted by molar-refractivity contribution is 0.268. The molecule has 0 aliphatic rings. The Balaban J connectivity index is 3.09. The third-order valence-electron chi connectivity index (χ3n) is 1.48. The van der Waals surface area contributed by atoms with Crippen molar-refractivity contribution in [2.45, 2.75) is 39.5 Å². The highest BCUT2D eigenvalue weighted by atomic mass is 16.5. The monoisotopic (exact) mass is 168 g/mol. The van der Waals surface area contributed by atoms with E-state index in [4.69, 9.17) is 4.74 Å². The average Bonchev–Trinajstić information content (AvgIpc) is 2.10. The van der Waals surface area contributed by atoms with Crippen LogP contribution in [0.2, 0.25) is 0 Å². The van der Waals surface area contributed by atoms with Gasteiger partial charge in [0.25, 0.3) is 0 Å². The molecule has 0 radical (unpaired) electrons. The van der Waals surface area contributed by atoms with Gasteiger partial charge in [0.15, 0.2) is 0 Å². The Bertz CT molecular complexity index is 109. The lowest BCUT2D eigenvalue weighted by Gasteiger charge is -1.91. The van der Waals surface area contributed by atoms with Crippen molar-refractivity contribution in [3.8, 4) is 0 Å². The Morgan fingerprint density at radius 2 is 1.58 bits per heavy atom. The summed E-state index contributed by atoms with van der Waals surface area (Å²) < 4.78 is 5.06. The van der Waals surface area contributed by atoms with Crippen LogP contribution in [0.3, 0.4) is 0 Å². The minimum Gasteiger partial charge on any atom is -0.502 e. The standard InChI is InChI=1S/C11H20O/c1-3-5-6-7-8-9-10-11-12-4-2/h6-7,10-11H,3-5,8-9H2,1-2H3. The third-order valence-corrected chi connectivity index (χ3v) is 1.48. The number of rotatable bonds is 7. The topological polar surface area (TPSA) is 9.23 Å². The van der Waals surface area contributed by atoms with Gasteiger partial charge in [-0.1, -0.05) is 25.5 Å². The van der Waals surface area contributed by atoms with Crippen LogP contribution in [0.5, 0.6) is 0 Å². The highest BCUT2D eigenvalue weighted by molar-refractivity contribution is 4.85. The van der Waals surface area contributed by atoms with Crippen molar-refractivity contribution in [2.24, 2.45) is 0 Å². The van der Waals surface area contributed by atoms with Crippen LogP contribution >= 0.6 is 0 Å². The lowest BCUT2D eigenvalue weighted by Crippen LogP contribution is -1.76. The fourth-order valence-corrected chi connectivity index (χ4v) is 0.827. The zero-order chi connectivity index (χ0) is 9.07. The highest BCUT2D eigenvalue weighted by Gasteiger charge is 1.77. The summed E-state index contributed by atoms with van der Waals surface area (Å²) in [5.41, 5.74) is 0. The summed E-state index contributed by atoms with van der Waals surface area (Å²) in [5, 5.41) is 0. The van der Waals surface area contributed by atoms with Gasteiger partial charge in [-0.15, -0.1) is 0 Å². The quantitative estimate of drug-likeness (QED) is 0.320. The van der Waals surface area contributed by atoms with Gasteiger partial charge in [0.1, 0.15) is 0 Å². The zero-order valence-electron chi connectivity index (χ0n) is 8.25. The van der Waals surface area contributed by atoms with E-state index in [1.807, 2.05) is 6.92 Å². The van der Waals surface area contributed by atoms with Crippen LogP contribution in [0.15, 0.2) is 24.5 Å². The van der Waals surface area contributed by atoms with E-state index in [0.717, 1.165) is 19.4 Å². The van der Waals surface area contributed by atoms with E-state index in [1.54, 1.807) is 6.26 Å². The molecule has 12 heavy (non-hydrogen) atoms. The summed E-state index contributed by atoms with van der Waals surface area (Å²) in [6.45, 7) is 4.95. The van der Waals surface area contributed by atoms with Gasteiger partial charge in [-0.2, -0.15) is 0 Å². The van der Waals surface area contributed by atoms with Gasteiger partial charge in [0.05, 0.1) is 12.9 Å². The molecule has 0 unspecified atom stereocenters. The van der Waals surface area contributed by atoms with E-state index in [9.17, 15) is 0 Å². The maximum absolute atomic E-state index is 5.06. The van der Waals surface area contributed by atoms with Gasteiger partial charge in [0, 0.05) is 0 Å². The first-order valence-electron chi connectivity index (χ1n) is 4.83. The summed E-state index contributed by atoms with van der Waals surface area (Å²) in [6, 6.07) is 0. The molecule has 70 valence electrons. The summed E-state index contributed by atoms with van der Waals surface area (Å²) in [6.07, 6.45) is 13.0. The number of hydrogen-bond acceptors (Lipinski definition) is 1. The van der Waals surface area contributed by atoms with Gasteiger partial charge in [-0.05, 0) is 32.3 Å². The molecular weight excluding hydrogens is 148 g/mol. The van der Waals surface area contributed by atoms with Crippen molar-refractivity contribution >= 4 is 0 Å². The molecule has 0 aromatic heterocycles. The molecular formula is C11H20O. The molecule has 1 heteroatoms. The van der Waals surface area contributed by atoms with Crippen LogP contribution in [0, 0.1) is 0 Å². The van der Waals surface area contributed by atoms with E-state index >= 15 is 0 Å². The van der Waals surface area contributed by atoms with E-state index < -0.39 is 0 Å². The fraction of sp³-hybridized carbons (Fsp3) is 0.636. The normalized spacial score (nSPS) is 11.5. The molecule has 0 N–H and O–H groups in total. The van der Waals surface area contributed by atoms with Crippen LogP contribution in [0.4, 0.5) is 0 Å². The first-order valence-corrected chi connectivity index (χ1v) is 4.83. The van der Waals surface area contributed by atoms with Crippen molar-refractivity contribution in [3.63, 3.8) is 0 Å². The lowest BCUT2D eigenvalue weighted by atomic mass is 10.2. The number of ether oxygens (including phenoxy) is 1.